The lowest BCUT2D eigenvalue weighted by atomic mass is 9.91. The molecule has 0 amide bonds. The maximum atomic E-state index is 13.8. The normalized spacial score (nSPS) is 13.1. The smallest absolute Gasteiger partial charge is 0.195 e. The second-order valence-electron chi connectivity index (χ2n) is 9.57. The molecule has 1 heterocycles. The molecule has 0 saturated heterocycles. The van der Waals surface area contributed by atoms with Crippen molar-refractivity contribution in [3.8, 4) is 22.3 Å². The van der Waals surface area contributed by atoms with Gasteiger partial charge >= 0.3 is 0 Å². The molecule has 170 valence electrons. The quantitative estimate of drug-likeness (QED) is 0.270. The lowest BCUT2D eigenvalue weighted by molar-refractivity contribution is 0.103. The molecule has 0 atom stereocenters. The highest BCUT2D eigenvalue weighted by molar-refractivity contribution is 7.85. The first kappa shape index (κ1) is 22.5. The van der Waals surface area contributed by atoms with Gasteiger partial charge in [-0.05, 0) is 110 Å². The van der Waals surface area contributed by atoms with E-state index < -0.39 is 10.8 Å². The topological polar surface area (TPSA) is 34.1 Å². The third kappa shape index (κ3) is 3.56. The van der Waals surface area contributed by atoms with Crippen LogP contribution in [0.1, 0.15) is 49.3 Å². The van der Waals surface area contributed by atoms with E-state index in [4.69, 9.17) is 0 Å². The first-order valence-electron chi connectivity index (χ1n) is 11.6. The summed E-state index contributed by atoms with van der Waals surface area (Å²) in [5.41, 5.74) is 12.5. The summed E-state index contributed by atoms with van der Waals surface area (Å²) in [5.74, 6) is -0.0580. The Morgan fingerprint density at radius 1 is 0.529 bits per heavy atom. The van der Waals surface area contributed by atoms with E-state index in [0.717, 1.165) is 22.3 Å². The predicted molar refractivity (Wildman–Crippen MR) is 140 cm³/mol. The third-order valence-corrected chi connectivity index (χ3v) is 8.26. The Labute approximate surface area is 204 Å². The van der Waals surface area contributed by atoms with Crippen molar-refractivity contribution in [2.75, 3.05) is 0 Å². The molecule has 34 heavy (non-hydrogen) atoms. The fourth-order valence-electron chi connectivity index (χ4n) is 5.57. The van der Waals surface area contributed by atoms with E-state index in [1.807, 2.05) is 36.4 Å². The minimum atomic E-state index is -1.43. The Hall–Kier alpha value is -3.30. The summed E-state index contributed by atoms with van der Waals surface area (Å²) in [6.45, 7) is 12.6. The second kappa shape index (κ2) is 8.18. The fraction of sp³-hybridized carbons (Fsp3) is 0.194. The van der Waals surface area contributed by atoms with Crippen LogP contribution in [0.4, 0.5) is 0 Å². The van der Waals surface area contributed by atoms with Gasteiger partial charge in [-0.25, -0.2) is 4.21 Å². The van der Waals surface area contributed by atoms with Crippen LogP contribution in [0.15, 0.2) is 70.5 Å². The Morgan fingerprint density at radius 3 is 1.24 bits per heavy atom. The van der Waals surface area contributed by atoms with Crippen LogP contribution in [0.3, 0.4) is 0 Å². The fourth-order valence-corrected chi connectivity index (χ4v) is 7.00. The Bertz CT molecular complexity index is 1380. The number of hydrogen-bond donors (Lipinski definition) is 0. The van der Waals surface area contributed by atoms with Crippen molar-refractivity contribution < 1.29 is 9.00 Å². The zero-order valence-electron chi connectivity index (χ0n) is 20.5. The van der Waals surface area contributed by atoms with Crippen molar-refractivity contribution >= 4 is 16.6 Å². The van der Waals surface area contributed by atoms with Crippen LogP contribution in [0.25, 0.3) is 22.3 Å². The largest absolute Gasteiger partial charge is 0.289 e. The van der Waals surface area contributed by atoms with Gasteiger partial charge in [-0.15, -0.1) is 0 Å². The Balaban J connectivity index is 1.66. The minimum Gasteiger partial charge on any atom is -0.289 e. The lowest BCUT2D eigenvalue weighted by Gasteiger charge is -2.21. The number of benzene rings is 4. The molecule has 4 aromatic carbocycles. The SMILES string of the molecule is Cc1cc(C)c(-c2ccc3c(c2)S(=O)c2cc(-c4c(C)cc(C)cc4C)ccc2C3=O)c(C)c1. The van der Waals surface area contributed by atoms with Crippen LogP contribution in [0.2, 0.25) is 0 Å². The van der Waals surface area contributed by atoms with Gasteiger partial charge in [-0.2, -0.15) is 0 Å². The number of ketones is 1. The molecule has 0 aromatic heterocycles. The maximum absolute atomic E-state index is 13.8. The van der Waals surface area contributed by atoms with Crippen LogP contribution in [-0.4, -0.2) is 9.99 Å². The second-order valence-corrected chi connectivity index (χ2v) is 11.0. The van der Waals surface area contributed by atoms with Crippen molar-refractivity contribution in [3.05, 3.63) is 105 Å². The average Bonchev–Trinajstić information content (AvgIpc) is 2.76. The van der Waals surface area contributed by atoms with Crippen molar-refractivity contribution in [3.63, 3.8) is 0 Å². The molecule has 5 rings (SSSR count). The molecule has 1 aliphatic rings. The molecule has 0 bridgehead atoms. The molecule has 3 heteroatoms. The molecule has 0 fully saturated rings. The molecule has 4 aromatic rings. The van der Waals surface area contributed by atoms with E-state index >= 15 is 0 Å². The minimum absolute atomic E-state index is 0.0580. The molecular formula is C31H28O2S. The number of carbonyl (C=O) groups is 1. The summed E-state index contributed by atoms with van der Waals surface area (Å²) in [7, 11) is -1.43. The first-order chi connectivity index (χ1) is 16.2. The lowest BCUT2D eigenvalue weighted by Crippen LogP contribution is -2.16. The van der Waals surface area contributed by atoms with Gasteiger partial charge in [0.05, 0.1) is 20.6 Å². The van der Waals surface area contributed by atoms with Gasteiger partial charge in [0.25, 0.3) is 0 Å². The van der Waals surface area contributed by atoms with Crippen LogP contribution in [0.5, 0.6) is 0 Å². The van der Waals surface area contributed by atoms with Gasteiger partial charge in [0.1, 0.15) is 0 Å². The van der Waals surface area contributed by atoms with Crippen molar-refractivity contribution in [2.45, 2.75) is 51.3 Å². The molecule has 2 nitrogen and oxygen atoms in total. The standard InChI is InChI=1S/C31H28O2S/c1-17-11-19(3)29(20(4)12-17)23-7-9-25-27(15-23)34(33)28-16-24(8-10-26(28)31(25)32)30-21(5)13-18(2)14-22(30)6/h7-16H,1-6H3. The highest BCUT2D eigenvalue weighted by Gasteiger charge is 2.30. The van der Waals surface area contributed by atoms with Crippen LogP contribution >= 0.6 is 0 Å². The molecular weight excluding hydrogens is 436 g/mol. The number of hydrogen-bond acceptors (Lipinski definition) is 2. The summed E-state index contributed by atoms with van der Waals surface area (Å²) in [6.07, 6.45) is 0. The van der Waals surface area contributed by atoms with Crippen molar-refractivity contribution in [1.29, 1.82) is 0 Å². The van der Waals surface area contributed by atoms with E-state index in [1.54, 1.807) is 0 Å². The highest BCUT2D eigenvalue weighted by Crippen LogP contribution is 2.39. The highest BCUT2D eigenvalue weighted by atomic mass is 32.2. The number of rotatable bonds is 2. The number of fused-ring (bicyclic) bond motifs is 2. The molecule has 0 N–H and O–H groups in total. The summed E-state index contributed by atoms with van der Waals surface area (Å²) in [4.78, 5) is 14.6. The van der Waals surface area contributed by atoms with Gasteiger partial charge in [0.2, 0.25) is 0 Å². The van der Waals surface area contributed by atoms with E-state index in [1.165, 1.54) is 33.4 Å². The van der Waals surface area contributed by atoms with Crippen molar-refractivity contribution in [2.24, 2.45) is 0 Å². The summed E-state index contributed by atoms with van der Waals surface area (Å²) in [5, 5.41) is 0. The monoisotopic (exact) mass is 464 g/mol. The maximum Gasteiger partial charge on any atom is 0.195 e. The van der Waals surface area contributed by atoms with E-state index in [-0.39, 0.29) is 5.78 Å². The summed E-state index contributed by atoms with van der Waals surface area (Å²) >= 11 is 0. The zero-order valence-corrected chi connectivity index (χ0v) is 21.3. The molecule has 1 aliphatic heterocycles. The van der Waals surface area contributed by atoms with E-state index in [2.05, 4.69) is 65.8 Å². The predicted octanol–water partition coefficient (Wildman–Crippen LogP) is 7.58. The van der Waals surface area contributed by atoms with Gasteiger partial charge < -0.3 is 0 Å². The Kier molecular flexibility index (Phi) is 5.41. The van der Waals surface area contributed by atoms with Crippen LogP contribution < -0.4 is 0 Å². The average molecular weight is 465 g/mol. The number of aryl methyl sites for hydroxylation is 6. The Morgan fingerprint density at radius 2 is 0.882 bits per heavy atom. The summed E-state index contributed by atoms with van der Waals surface area (Å²) in [6, 6.07) is 20.2. The van der Waals surface area contributed by atoms with E-state index in [0.29, 0.717) is 20.9 Å². The molecule has 0 aliphatic carbocycles. The van der Waals surface area contributed by atoms with E-state index in [9.17, 15) is 9.00 Å². The van der Waals surface area contributed by atoms with Gasteiger partial charge in [-0.1, -0.05) is 47.5 Å². The van der Waals surface area contributed by atoms with Gasteiger partial charge in [0.15, 0.2) is 5.78 Å². The van der Waals surface area contributed by atoms with Gasteiger partial charge in [-0.3, -0.25) is 4.79 Å². The molecule has 0 unspecified atom stereocenters. The molecule has 0 saturated carbocycles. The first-order valence-corrected chi connectivity index (χ1v) is 12.7. The zero-order chi connectivity index (χ0) is 24.3. The van der Waals surface area contributed by atoms with Crippen LogP contribution in [-0.2, 0) is 10.8 Å². The molecule has 0 spiro atoms. The number of carbonyl (C=O) groups excluding carboxylic acids is 1. The van der Waals surface area contributed by atoms with Crippen LogP contribution in [0, 0.1) is 41.5 Å². The van der Waals surface area contributed by atoms with Gasteiger partial charge in [0, 0.05) is 11.1 Å². The molecule has 0 radical (unpaired) electrons. The third-order valence-electron chi connectivity index (χ3n) is 6.78. The van der Waals surface area contributed by atoms with Crippen molar-refractivity contribution in [1.82, 2.24) is 0 Å². The summed E-state index contributed by atoms with van der Waals surface area (Å²) < 4.78 is 13.8.